The largest absolute Gasteiger partial charge is 0.305 e. The van der Waals surface area contributed by atoms with Crippen LogP contribution in [0.2, 0.25) is 0 Å². The first kappa shape index (κ1) is 15.8. The lowest BCUT2D eigenvalue weighted by Gasteiger charge is -2.05. The van der Waals surface area contributed by atoms with Crippen LogP contribution in [0.4, 0.5) is 10.2 Å². The molecule has 0 atom stereocenters. The zero-order valence-electron chi connectivity index (χ0n) is 13.4. The van der Waals surface area contributed by atoms with E-state index >= 15 is 0 Å². The van der Waals surface area contributed by atoms with E-state index in [-0.39, 0.29) is 11.5 Å². The molecule has 7 heteroatoms. The SMILES string of the molecule is O=C(Nc1ccc2cccnc2n1)c1cnc(-c2ccc(F)cc2)cn1. The summed E-state index contributed by atoms with van der Waals surface area (Å²) in [6, 6.07) is 13.1. The van der Waals surface area contributed by atoms with Gasteiger partial charge < -0.3 is 5.32 Å². The number of aromatic nitrogens is 4. The van der Waals surface area contributed by atoms with Gasteiger partial charge in [-0.2, -0.15) is 0 Å². The van der Waals surface area contributed by atoms with Gasteiger partial charge in [0.1, 0.15) is 17.3 Å². The van der Waals surface area contributed by atoms with Gasteiger partial charge >= 0.3 is 0 Å². The Labute approximate surface area is 147 Å². The Kier molecular flexibility index (Phi) is 4.03. The van der Waals surface area contributed by atoms with Gasteiger partial charge in [-0.3, -0.25) is 9.78 Å². The molecule has 0 spiro atoms. The summed E-state index contributed by atoms with van der Waals surface area (Å²) >= 11 is 0. The van der Waals surface area contributed by atoms with Crippen molar-refractivity contribution < 1.29 is 9.18 Å². The lowest BCUT2D eigenvalue weighted by molar-refractivity contribution is 0.102. The summed E-state index contributed by atoms with van der Waals surface area (Å²) in [5, 5.41) is 3.56. The van der Waals surface area contributed by atoms with Crippen molar-refractivity contribution in [2.45, 2.75) is 0 Å². The summed E-state index contributed by atoms with van der Waals surface area (Å²) in [6.07, 6.45) is 4.48. The maximum absolute atomic E-state index is 13.0. The average molecular weight is 345 g/mol. The second-order valence-electron chi connectivity index (χ2n) is 5.49. The molecule has 3 heterocycles. The Balaban J connectivity index is 1.53. The number of hydrogen-bond acceptors (Lipinski definition) is 5. The summed E-state index contributed by atoms with van der Waals surface area (Å²) in [5.41, 5.74) is 1.96. The van der Waals surface area contributed by atoms with Crippen molar-refractivity contribution >= 4 is 22.8 Å². The highest BCUT2D eigenvalue weighted by Crippen LogP contribution is 2.17. The van der Waals surface area contributed by atoms with Crippen LogP contribution in [0.5, 0.6) is 0 Å². The van der Waals surface area contributed by atoms with E-state index in [1.54, 1.807) is 24.4 Å². The average Bonchev–Trinajstić information content (AvgIpc) is 2.68. The topological polar surface area (TPSA) is 80.7 Å². The van der Waals surface area contributed by atoms with E-state index in [2.05, 4.69) is 25.3 Å². The van der Waals surface area contributed by atoms with E-state index < -0.39 is 5.91 Å². The van der Waals surface area contributed by atoms with Gasteiger partial charge in [-0.15, -0.1) is 0 Å². The van der Waals surface area contributed by atoms with Crippen molar-refractivity contribution in [3.63, 3.8) is 0 Å². The molecule has 0 aliphatic heterocycles. The number of halogens is 1. The van der Waals surface area contributed by atoms with E-state index in [1.807, 2.05) is 18.2 Å². The third kappa shape index (κ3) is 3.23. The predicted octanol–water partition coefficient (Wildman–Crippen LogP) is 3.48. The Hall–Kier alpha value is -3.74. The maximum atomic E-state index is 13.0. The summed E-state index contributed by atoms with van der Waals surface area (Å²) in [6.45, 7) is 0. The van der Waals surface area contributed by atoms with Gasteiger partial charge in [0, 0.05) is 17.1 Å². The maximum Gasteiger partial charge on any atom is 0.277 e. The van der Waals surface area contributed by atoms with Crippen molar-refractivity contribution in [1.82, 2.24) is 19.9 Å². The van der Waals surface area contributed by atoms with Crippen molar-refractivity contribution in [2.75, 3.05) is 5.32 Å². The summed E-state index contributed by atoms with van der Waals surface area (Å²) in [5.74, 6) is -0.369. The van der Waals surface area contributed by atoms with Crippen molar-refractivity contribution in [1.29, 1.82) is 0 Å². The summed E-state index contributed by atoms with van der Waals surface area (Å²) in [4.78, 5) is 29.1. The van der Waals surface area contributed by atoms with Crippen LogP contribution in [0, 0.1) is 5.82 Å². The van der Waals surface area contributed by atoms with Crippen LogP contribution >= 0.6 is 0 Å². The first-order valence-electron chi connectivity index (χ1n) is 7.80. The number of carbonyl (C=O) groups excluding carboxylic acids is 1. The number of benzene rings is 1. The molecule has 0 saturated heterocycles. The van der Waals surface area contributed by atoms with Crippen LogP contribution in [0.25, 0.3) is 22.3 Å². The molecule has 0 fully saturated rings. The second kappa shape index (κ2) is 6.64. The molecule has 0 aliphatic rings. The number of rotatable bonds is 3. The third-order valence-corrected chi connectivity index (χ3v) is 3.73. The third-order valence-electron chi connectivity index (χ3n) is 3.73. The Morgan fingerprint density at radius 3 is 2.54 bits per heavy atom. The smallest absolute Gasteiger partial charge is 0.277 e. The monoisotopic (exact) mass is 345 g/mol. The number of anilines is 1. The van der Waals surface area contributed by atoms with E-state index in [0.717, 1.165) is 5.39 Å². The van der Waals surface area contributed by atoms with Crippen LogP contribution in [0.1, 0.15) is 10.5 Å². The summed E-state index contributed by atoms with van der Waals surface area (Å²) < 4.78 is 13.0. The van der Waals surface area contributed by atoms with Crippen LogP contribution in [-0.2, 0) is 0 Å². The number of amides is 1. The lowest BCUT2D eigenvalue weighted by Crippen LogP contribution is -2.15. The fraction of sp³-hybridized carbons (Fsp3) is 0. The Morgan fingerprint density at radius 1 is 0.923 bits per heavy atom. The van der Waals surface area contributed by atoms with Gasteiger partial charge in [0.25, 0.3) is 5.91 Å². The predicted molar refractivity (Wildman–Crippen MR) is 94.9 cm³/mol. The molecule has 0 unspecified atom stereocenters. The molecule has 26 heavy (non-hydrogen) atoms. The van der Waals surface area contributed by atoms with Gasteiger partial charge in [0.2, 0.25) is 0 Å². The molecular formula is C19H12FN5O. The zero-order valence-corrected chi connectivity index (χ0v) is 13.4. The molecule has 0 bridgehead atoms. The van der Waals surface area contributed by atoms with E-state index in [4.69, 9.17) is 0 Å². The number of carbonyl (C=O) groups is 1. The van der Waals surface area contributed by atoms with Crippen LogP contribution < -0.4 is 5.32 Å². The van der Waals surface area contributed by atoms with Crippen molar-refractivity contribution in [3.8, 4) is 11.3 Å². The molecule has 0 saturated carbocycles. The molecule has 3 aromatic heterocycles. The summed E-state index contributed by atoms with van der Waals surface area (Å²) in [7, 11) is 0. The zero-order chi connectivity index (χ0) is 17.9. The van der Waals surface area contributed by atoms with Gasteiger partial charge in [-0.05, 0) is 48.5 Å². The number of nitrogens with one attached hydrogen (secondary N) is 1. The molecule has 1 N–H and O–H groups in total. The first-order valence-corrected chi connectivity index (χ1v) is 7.80. The molecule has 6 nitrogen and oxygen atoms in total. The quantitative estimate of drug-likeness (QED) is 0.615. The van der Waals surface area contributed by atoms with Gasteiger partial charge in [-0.25, -0.2) is 19.3 Å². The minimum absolute atomic E-state index is 0.152. The highest BCUT2D eigenvalue weighted by molar-refractivity contribution is 6.02. The highest BCUT2D eigenvalue weighted by Gasteiger charge is 2.10. The van der Waals surface area contributed by atoms with Gasteiger partial charge in [0.15, 0.2) is 5.65 Å². The van der Waals surface area contributed by atoms with Crippen LogP contribution in [0.3, 0.4) is 0 Å². The van der Waals surface area contributed by atoms with Crippen LogP contribution in [-0.4, -0.2) is 25.8 Å². The minimum atomic E-state index is -0.425. The van der Waals surface area contributed by atoms with Crippen molar-refractivity contribution in [2.24, 2.45) is 0 Å². The first-order chi connectivity index (χ1) is 12.7. The van der Waals surface area contributed by atoms with E-state index in [1.165, 1.54) is 24.5 Å². The Bertz CT molecular complexity index is 1080. The Morgan fingerprint density at radius 2 is 1.77 bits per heavy atom. The molecule has 4 aromatic rings. The van der Waals surface area contributed by atoms with Gasteiger partial charge in [0.05, 0.1) is 18.1 Å². The number of fused-ring (bicyclic) bond motifs is 1. The van der Waals surface area contributed by atoms with E-state index in [9.17, 15) is 9.18 Å². The van der Waals surface area contributed by atoms with Crippen LogP contribution in [0.15, 0.2) is 67.1 Å². The molecule has 1 aromatic carbocycles. The molecule has 126 valence electrons. The number of nitrogens with zero attached hydrogens (tertiary/aromatic N) is 4. The number of hydrogen-bond donors (Lipinski definition) is 1. The lowest BCUT2D eigenvalue weighted by atomic mass is 10.1. The molecule has 0 aliphatic carbocycles. The number of pyridine rings is 2. The second-order valence-corrected chi connectivity index (χ2v) is 5.49. The fourth-order valence-corrected chi connectivity index (χ4v) is 2.42. The standard InChI is InChI=1S/C19H12FN5O/c20-14-6-3-12(4-7-14)15-10-23-16(11-22-15)19(26)25-17-8-5-13-2-1-9-21-18(13)24-17/h1-11H,(H,21,24,25,26). The minimum Gasteiger partial charge on any atom is -0.305 e. The normalized spacial score (nSPS) is 10.7. The van der Waals surface area contributed by atoms with Crippen molar-refractivity contribution in [3.05, 3.63) is 78.6 Å². The molecule has 4 rings (SSSR count). The van der Waals surface area contributed by atoms with E-state index in [0.29, 0.717) is 22.7 Å². The molecular weight excluding hydrogens is 333 g/mol. The fourth-order valence-electron chi connectivity index (χ4n) is 2.42. The highest BCUT2D eigenvalue weighted by atomic mass is 19.1. The van der Waals surface area contributed by atoms with Gasteiger partial charge in [-0.1, -0.05) is 0 Å². The molecule has 0 radical (unpaired) electrons. The molecule has 1 amide bonds.